The molecule has 0 radical (unpaired) electrons. The average molecular weight is 537 g/mol. The summed E-state index contributed by atoms with van der Waals surface area (Å²) in [5, 5.41) is 22.9. The number of piperazine rings is 1. The van der Waals surface area contributed by atoms with Gasteiger partial charge < -0.3 is 15.1 Å². The van der Waals surface area contributed by atoms with Crippen molar-refractivity contribution in [1.29, 1.82) is 5.26 Å². The fourth-order valence-electron chi connectivity index (χ4n) is 4.46. The van der Waals surface area contributed by atoms with Gasteiger partial charge in [0.15, 0.2) is 5.82 Å². The van der Waals surface area contributed by atoms with Gasteiger partial charge in [-0.1, -0.05) is 48.0 Å². The van der Waals surface area contributed by atoms with E-state index in [1.165, 1.54) is 18.2 Å². The van der Waals surface area contributed by atoms with E-state index < -0.39 is 5.82 Å². The minimum absolute atomic E-state index is 0. The number of carbonyl (C=O) groups excluding carboxylic acids is 1. The van der Waals surface area contributed by atoms with Crippen LogP contribution in [-0.2, 0) is 0 Å². The first-order chi connectivity index (χ1) is 17.4. The van der Waals surface area contributed by atoms with Crippen molar-refractivity contribution < 1.29 is 9.18 Å². The topological polar surface area (TPSA) is 85.2 Å². The van der Waals surface area contributed by atoms with Crippen molar-refractivity contribution in [3.8, 4) is 17.3 Å². The van der Waals surface area contributed by atoms with Crippen LogP contribution in [0, 0.1) is 17.1 Å². The Morgan fingerprint density at radius 2 is 1.81 bits per heavy atom. The summed E-state index contributed by atoms with van der Waals surface area (Å²) in [6, 6.07) is 21.1. The summed E-state index contributed by atoms with van der Waals surface area (Å²) in [6.07, 6.45) is 0. The third kappa shape index (κ3) is 5.29. The number of nitrogens with zero attached hydrogens (tertiary/aromatic N) is 5. The lowest BCUT2D eigenvalue weighted by atomic mass is 10.0. The summed E-state index contributed by atoms with van der Waals surface area (Å²) in [5.74, 6) is 0.232. The molecule has 2 heterocycles. The Balaban J connectivity index is 0.00000320. The molecule has 0 bridgehead atoms. The van der Waals surface area contributed by atoms with Crippen molar-refractivity contribution in [2.45, 2.75) is 13.0 Å². The van der Waals surface area contributed by atoms with Gasteiger partial charge in [-0.05, 0) is 37.3 Å². The van der Waals surface area contributed by atoms with E-state index in [1.807, 2.05) is 43.3 Å². The largest absolute Gasteiger partial charge is 0.351 e. The first-order valence-corrected chi connectivity index (χ1v) is 11.9. The zero-order valence-corrected chi connectivity index (χ0v) is 21.4. The highest BCUT2D eigenvalue weighted by atomic mass is 35.5. The number of rotatable bonds is 3. The van der Waals surface area contributed by atoms with E-state index in [9.17, 15) is 9.18 Å². The Labute approximate surface area is 224 Å². The number of fused-ring (bicyclic) bond motifs is 1. The average Bonchev–Trinajstić information content (AvgIpc) is 2.90. The highest BCUT2D eigenvalue weighted by Gasteiger charge is 2.29. The molecule has 1 fully saturated rings. The summed E-state index contributed by atoms with van der Waals surface area (Å²) in [4.78, 5) is 16.8. The van der Waals surface area contributed by atoms with Crippen molar-refractivity contribution in [2.75, 3.05) is 29.9 Å². The Kier molecular flexibility index (Phi) is 7.77. The molecule has 7 nitrogen and oxygen atoms in total. The Bertz CT molecular complexity index is 1490. The number of urea groups is 1. The minimum atomic E-state index is -0.532. The number of hydrogen-bond acceptors (Lipinski definition) is 5. The van der Waals surface area contributed by atoms with Crippen LogP contribution in [0.2, 0.25) is 5.02 Å². The van der Waals surface area contributed by atoms with E-state index in [0.29, 0.717) is 30.9 Å². The Hall–Kier alpha value is -3.93. The number of nitrogens with one attached hydrogen (secondary N) is 1. The minimum Gasteiger partial charge on any atom is -0.351 e. The Morgan fingerprint density at radius 3 is 2.49 bits per heavy atom. The zero-order chi connectivity index (χ0) is 25.2. The van der Waals surface area contributed by atoms with Gasteiger partial charge >= 0.3 is 6.03 Å². The molecule has 1 atom stereocenters. The van der Waals surface area contributed by atoms with Crippen LogP contribution < -0.4 is 10.2 Å². The first kappa shape index (κ1) is 26.1. The third-order valence-corrected chi connectivity index (χ3v) is 6.60. The predicted octanol–water partition coefficient (Wildman–Crippen LogP) is 6.13. The second kappa shape index (κ2) is 11.0. The van der Waals surface area contributed by atoms with Crippen molar-refractivity contribution in [1.82, 2.24) is 15.1 Å². The molecular formula is C27H23Cl2FN6O. The molecule has 37 heavy (non-hydrogen) atoms. The van der Waals surface area contributed by atoms with Gasteiger partial charge in [-0.2, -0.15) is 5.26 Å². The highest BCUT2D eigenvalue weighted by molar-refractivity contribution is 6.31. The summed E-state index contributed by atoms with van der Waals surface area (Å²) in [7, 11) is 0. The highest BCUT2D eigenvalue weighted by Crippen LogP contribution is 2.32. The lowest BCUT2D eigenvalue weighted by molar-refractivity contribution is 0.184. The number of aromatic nitrogens is 2. The Morgan fingerprint density at radius 1 is 1.08 bits per heavy atom. The van der Waals surface area contributed by atoms with E-state index in [0.717, 1.165) is 27.8 Å². The standard InChI is InChI=1S/C27H22ClFN6O.ClH/c1-17-16-34(12-13-35(17)27(36)31-20-10-11-24(29)23(28)14-20)26-22-5-3-2-4-21(22)25(32-33-26)19-8-6-18(15-30)7-9-19;/h2-11,14,17H,12-13,16H2,1H3,(H,31,36);1H. The number of halogens is 3. The van der Waals surface area contributed by atoms with Gasteiger partial charge in [-0.15, -0.1) is 22.6 Å². The molecule has 0 aliphatic carbocycles. The summed E-state index contributed by atoms with van der Waals surface area (Å²) in [5.41, 5.74) is 2.67. The van der Waals surface area contributed by atoms with E-state index >= 15 is 0 Å². The maximum atomic E-state index is 13.4. The molecule has 1 unspecified atom stereocenters. The van der Waals surface area contributed by atoms with Crippen LogP contribution in [0.4, 0.5) is 20.7 Å². The molecule has 0 saturated carbocycles. The zero-order valence-electron chi connectivity index (χ0n) is 19.9. The van der Waals surface area contributed by atoms with Gasteiger partial charge in [-0.25, -0.2) is 9.18 Å². The number of anilines is 2. The van der Waals surface area contributed by atoms with Gasteiger partial charge in [0.2, 0.25) is 0 Å². The maximum Gasteiger partial charge on any atom is 0.322 e. The van der Waals surface area contributed by atoms with E-state index in [1.54, 1.807) is 17.0 Å². The van der Waals surface area contributed by atoms with Gasteiger partial charge in [0, 0.05) is 47.7 Å². The van der Waals surface area contributed by atoms with Crippen molar-refractivity contribution >= 4 is 52.3 Å². The van der Waals surface area contributed by atoms with E-state index in [-0.39, 0.29) is 29.5 Å². The molecule has 0 spiro atoms. The van der Waals surface area contributed by atoms with Crippen molar-refractivity contribution in [3.05, 3.63) is 83.1 Å². The predicted molar refractivity (Wildman–Crippen MR) is 146 cm³/mol. The van der Waals surface area contributed by atoms with E-state index in [4.69, 9.17) is 16.9 Å². The number of benzene rings is 3. The molecule has 4 aromatic rings. The van der Waals surface area contributed by atoms with Gasteiger partial charge in [-0.3, -0.25) is 0 Å². The molecule has 1 N–H and O–H groups in total. The molecule has 10 heteroatoms. The van der Waals surface area contributed by atoms with Gasteiger partial charge in [0.1, 0.15) is 11.5 Å². The fraction of sp³-hybridized carbons (Fsp3) is 0.185. The van der Waals surface area contributed by atoms with Crippen LogP contribution >= 0.6 is 24.0 Å². The molecule has 1 aliphatic rings. The summed E-state index contributed by atoms with van der Waals surface area (Å²) >= 11 is 5.84. The number of nitriles is 1. The van der Waals surface area contributed by atoms with Crippen LogP contribution in [0.1, 0.15) is 12.5 Å². The smallest absolute Gasteiger partial charge is 0.322 e. The van der Waals surface area contributed by atoms with Crippen LogP contribution in [-0.4, -0.2) is 46.8 Å². The van der Waals surface area contributed by atoms with Gasteiger partial charge in [0.05, 0.1) is 16.7 Å². The van der Waals surface area contributed by atoms with Crippen molar-refractivity contribution in [3.63, 3.8) is 0 Å². The molecular weight excluding hydrogens is 514 g/mol. The number of hydrogen-bond donors (Lipinski definition) is 1. The molecule has 188 valence electrons. The fourth-order valence-corrected chi connectivity index (χ4v) is 4.64. The SMILES string of the molecule is CC1CN(c2nnc(-c3ccc(C#N)cc3)c3ccccc23)CCN1C(=O)Nc1ccc(F)c(Cl)c1.Cl. The molecule has 5 rings (SSSR count). The quantitative estimate of drug-likeness (QED) is 0.340. The lowest BCUT2D eigenvalue weighted by Gasteiger charge is -2.40. The molecule has 1 saturated heterocycles. The normalized spacial score (nSPS) is 15.1. The molecule has 3 aromatic carbocycles. The molecule has 1 aliphatic heterocycles. The summed E-state index contributed by atoms with van der Waals surface area (Å²) < 4.78 is 13.4. The van der Waals surface area contributed by atoms with E-state index in [2.05, 4.69) is 26.5 Å². The maximum absolute atomic E-state index is 13.4. The lowest BCUT2D eigenvalue weighted by Crippen LogP contribution is -2.55. The molecule has 2 amide bonds. The van der Waals surface area contributed by atoms with Crippen LogP contribution in [0.25, 0.3) is 22.0 Å². The summed E-state index contributed by atoms with van der Waals surface area (Å²) in [6.45, 7) is 3.61. The number of amides is 2. The second-order valence-electron chi connectivity index (χ2n) is 8.65. The van der Waals surface area contributed by atoms with Gasteiger partial charge in [0.25, 0.3) is 0 Å². The first-order valence-electron chi connectivity index (χ1n) is 11.5. The van der Waals surface area contributed by atoms with Crippen LogP contribution in [0.5, 0.6) is 0 Å². The van der Waals surface area contributed by atoms with Crippen molar-refractivity contribution in [2.24, 2.45) is 0 Å². The third-order valence-electron chi connectivity index (χ3n) is 6.31. The number of carbonyl (C=O) groups is 1. The second-order valence-corrected chi connectivity index (χ2v) is 9.06. The molecule has 1 aromatic heterocycles. The van der Waals surface area contributed by atoms with Crippen LogP contribution in [0.3, 0.4) is 0 Å². The monoisotopic (exact) mass is 536 g/mol. The van der Waals surface area contributed by atoms with Crippen LogP contribution in [0.15, 0.2) is 66.7 Å².